The van der Waals surface area contributed by atoms with E-state index in [1.54, 1.807) is 24.3 Å². The summed E-state index contributed by atoms with van der Waals surface area (Å²) in [6, 6.07) is 8.77. The Morgan fingerprint density at radius 1 is 1.15 bits per heavy atom. The number of carbonyl (C=O) groups excluding carboxylic acids is 3. The van der Waals surface area contributed by atoms with Gasteiger partial charge in [0.2, 0.25) is 5.69 Å². The Balaban J connectivity index is 1.63. The molecule has 4 rings (SSSR count). The average Bonchev–Trinajstić information content (AvgIpc) is 3.38. The Bertz CT molecular complexity index is 1440. The van der Waals surface area contributed by atoms with Gasteiger partial charge in [-0.15, -0.1) is 0 Å². The number of hydrogen-bond donors (Lipinski definition) is 1. The van der Waals surface area contributed by atoms with E-state index in [4.69, 9.17) is 9.15 Å². The first kappa shape index (κ1) is 29.0. The topological polar surface area (TPSA) is 166 Å². The van der Waals surface area contributed by atoms with Crippen molar-refractivity contribution in [2.45, 2.75) is 31.6 Å². The summed E-state index contributed by atoms with van der Waals surface area (Å²) in [7, 11) is -4.12. The van der Waals surface area contributed by atoms with Crippen molar-refractivity contribution in [3.8, 4) is 0 Å². The molecule has 0 saturated carbocycles. The molecule has 4 amide bonds. The lowest BCUT2D eigenvalue weighted by atomic mass is 10.2. The molecule has 1 fully saturated rings. The molecule has 0 bridgehead atoms. The van der Waals surface area contributed by atoms with Crippen LogP contribution >= 0.6 is 0 Å². The number of rotatable bonds is 10. The molecule has 214 valence electrons. The number of unbranched alkanes of at least 4 members (excludes halogenated alkanes) is 1. The van der Waals surface area contributed by atoms with Crippen molar-refractivity contribution < 1.29 is 36.7 Å². The Hall–Kier alpha value is -4.04. The number of oxazole rings is 1. The highest BCUT2D eigenvalue weighted by Gasteiger charge is 2.37. The minimum absolute atomic E-state index is 0.0430. The first-order valence-corrected chi connectivity index (χ1v) is 14.7. The molecule has 3 aromatic rings. The van der Waals surface area contributed by atoms with Crippen molar-refractivity contribution in [1.29, 1.82) is 0 Å². The number of amides is 4. The normalized spacial score (nSPS) is 14.6. The first-order valence-electron chi connectivity index (χ1n) is 12.9. The standard InChI is InChI=1S/C26H31N5O8S/c1-2-3-11-30(25(33)23-27-20-9-4-5-10-22(20)39-23)24(32)21(28-26(34)29-13-15-38-16-14-29)18-40(36,37)17-19-8-6-7-12-31(19)35/h4-10,12,21H,2-3,11,13-18H2,1H3,(H,28,34). The Labute approximate surface area is 231 Å². The van der Waals surface area contributed by atoms with Crippen LogP contribution in [-0.4, -0.2) is 85.7 Å². The Morgan fingerprint density at radius 3 is 2.58 bits per heavy atom. The van der Waals surface area contributed by atoms with Gasteiger partial charge < -0.3 is 24.6 Å². The molecule has 1 aliphatic rings. The van der Waals surface area contributed by atoms with Crippen molar-refractivity contribution in [1.82, 2.24) is 20.1 Å². The van der Waals surface area contributed by atoms with Gasteiger partial charge in [0.25, 0.3) is 11.8 Å². The van der Waals surface area contributed by atoms with E-state index in [0.717, 1.165) is 4.90 Å². The molecule has 1 saturated heterocycles. The molecule has 0 aliphatic carbocycles. The third kappa shape index (κ3) is 7.12. The van der Waals surface area contributed by atoms with Crippen LogP contribution in [0.25, 0.3) is 11.1 Å². The van der Waals surface area contributed by atoms with Crippen LogP contribution in [0.1, 0.15) is 36.1 Å². The van der Waals surface area contributed by atoms with Crippen LogP contribution in [0.3, 0.4) is 0 Å². The maximum absolute atomic E-state index is 13.8. The summed E-state index contributed by atoms with van der Waals surface area (Å²) in [5.41, 5.74) is 0.725. The van der Waals surface area contributed by atoms with Gasteiger partial charge in [0.1, 0.15) is 17.3 Å². The lowest BCUT2D eigenvalue weighted by Gasteiger charge is -2.30. The van der Waals surface area contributed by atoms with Crippen molar-refractivity contribution in [3.63, 3.8) is 0 Å². The number of urea groups is 1. The van der Waals surface area contributed by atoms with E-state index < -0.39 is 45.2 Å². The molecule has 1 aliphatic heterocycles. The maximum Gasteiger partial charge on any atom is 0.318 e. The number of para-hydroxylation sites is 2. The number of imide groups is 1. The molecule has 1 N–H and O–H groups in total. The minimum atomic E-state index is -4.12. The molecule has 2 aromatic heterocycles. The van der Waals surface area contributed by atoms with E-state index in [1.165, 1.54) is 29.3 Å². The molecule has 1 aromatic carbocycles. The van der Waals surface area contributed by atoms with Crippen LogP contribution in [0, 0.1) is 5.21 Å². The van der Waals surface area contributed by atoms with E-state index >= 15 is 0 Å². The van der Waals surface area contributed by atoms with E-state index in [9.17, 15) is 28.0 Å². The number of sulfone groups is 1. The van der Waals surface area contributed by atoms with Gasteiger partial charge >= 0.3 is 11.9 Å². The Kier molecular flexibility index (Phi) is 9.32. The number of carbonyl (C=O) groups is 3. The zero-order valence-corrected chi connectivity index (χ0v) is 22.8. The zero-order valence-electron chi connectivity index (χ0n) is 22.0. The average molecular weight is 574 g/mol. The summed E-state index contributed by atoms with van der Waals surface area (Å²) in [6.45, 7) is 2.91. The lowest BCUT2D eigenvalue weighted by molar-refractivity contribution is -0.612. The van der Waals surface area contributed by atoms with Crippen molar-refractivity contribution >= 4 is 38.8 Å². The molecule has 1 unspecified atom stereocenters. The third-order valence-electron chi connectivity index (χ3n) is 6.31. The molecular formula is C26H31N5O8S. The summed E-state index contributed by atoms with van der Waals surface area (Å²) < 4.78 is 37.6. The van der Waals surface area contributed by atoms with Gasteiger partial charge in [-0.25, -0.2) is 18.2 Å². The Morgan fingerprint density at radius 2 is 1.88 bits per heavy atom. The number of ether oxygens (including phenoxy) is 1. The number of morpholine rings is 1. The number of nitrogens with zero attached hydrogens (tertiary/aromatic N) is 4. The second-order valence-electron chi connectivity index (χ2n) is 9.31. The maximum atomic E-state index is 13.8. The van der Waals surface area contributed by atoms with Crippen LogP contribution in [-0.2, 0) is 25.1 Å². The fraction of sp³-hybridized carbons (Fsp3) is 0.423. The number of nitrogens with one attached hydrogen (secondary N) is 1. The van der Waals surface area contributed by atoms with Crippen LogP contribution in [0.4, 0.5) is 4.79 Å². The minimum Gasteiger partial charge on any atom is -0.618 e. The van der Waals surface area contributed by atoms with E-state index in [0.29, 0.717) is 41.9 Å². The van der Waals surface area contributed by atoms with Crippen molar-refractivity contribution in [2.75, 3.05) is 38.6 Å². The molecule has 13 nitrogen and oxygen atoms in total. The van der Waals surface area contributed by atoms with E-state index in [1.807, 2.05) is 6.92 Å². The van der Waals surface area contributed by atoms with Gasteiger partial charge in [-0.2, -0.15) is 4.73 Å². The van der Waals surface area contributed by atoms with Crippen molar-refractivity contribution in [3.05, 3.63) is 65.5 Å². The summed E-state index contributed by atoms with van der Waals surface area (Å²) in [5.74, 6) is -3.60. The van der Waals surface area contributed by atoms with Crippen LogP contribution in [0.2, 0.25) is 0 Å². The highest BCUT2D eigenvalue weighted by atomic mass is 32.2. The molecular weight excluding hydrogens is 542 g/mol. The molecule has 0 radical (unpaired) electrons. The zero-order chi connectivity index (χ0) is 28.7. The van der Waals surface area contributed by atoms with Crippen LogP contribution < -0.4 is 10.0 Å². The fourth-order valence-corrected chi connectivity index (χ4v) is 5.72. The molecule has 40 heavy (non-hydrogen) atoms. The molecule has 1 atom stereocenters. The van der Waals surface area contributed by atoms with Crippen LogP contribution in [0.15, 0.2) is 53.1 Å². The molecule has 14 heteroatoms. The molecule has 0 spiro atoms. The van der Waals surface area contributed by atoms with Gasteiger partial charge in [-0.3, -0.25) is 14.5 Å². The number of hydrogen-bond acceptors (Lipinski definition) is 9. The van der Waals surface area contributed by atoms with E-state index in [2.05, 4.69) is 10.3 Å². The summed E-state index contributed by atoms with van der Waals surface area (Å²) >= 11 is 0. The first-order chi connectivity index (χ1) is 19.2. The second-order valence-corrected chi connectivity index (χ2v) is 11.4. The monoisotopic (exact) mass is 573 g/mol. The third-order valence-corrected chi connectivity index (χ3v) is 7.89. The van der Waals surface area contributed by atoms with E-state index in [-0.39, 0.29) is 31.2 Å². The predicted octanol–water partition coefficient (Wildman–Crippen LogP) is 1.26. The van der Waals surface area contributed by atoms with Crippen LogP contribution in [0.5, 0.6) is 0 Å². The second kappa shape index (κ2) is 12.9. The smallest absolute Gasteiger partial charge is 0.318 e. The van der Waals surface area contributed by atoms with Crippen molar-refractivity contribution in [2.24, 2.45) is 0 Å². The SMILES string of the molecule is CCCCN(C(=O)c1nc2ccccc2o1)C(=O)C(CS(=O)(=O)Cc1cccc[n+]1[O-])NC(=O)N1CCOCC1. The van der Waals surface area contributed by atoms with Gasteiger partial charge in [0, 0.05) is 31.8 Å². The van der Waals surface area contributed by atoms with Gasteiger partial charge in [0.05, 0.1) is 19.0 Å². The molecule has 3 heterocycles. The number of benzene rings is 1. The number of pyridine rings is 1. The highest BCUT2D eigenvalue weighted by molar-refractivity contribution is 7.90. The quantitative estimate of drug-likeness (QED) is 0.277. The summed E-state index contributed by atoms with van der Waals surface area (Å²) in [6.07, 6.45) is 2.22. The summed E-state index contributed by atoms with van der Waals surface area (Å²) in [4.78, 5) is 46.8. The largest absolute Gasteiger partial charge is 0.618 e. The van der Waals surface area contributed by atoms with Gasteiger partial charge in [0.15, 0.2) is 21.6 Å². The summed E-state index contributed by atoms with van der Waals surface area (Å²) in [5, 5.41) is 14.6. The lowest BCUT2D eigenvalue weighted by Crippen LogP contribution is -2.57. The predicted molar refractivity (Wildman–Crippen MR) is 143 cm³/mol. The highest BCUT2D eigenvalue weighted by Crippen LogP contribution is 2.18. The number of aromatic nitrogens is 2. The number of fused-ring (bicyclic) bond motifs is 1. The van der Waals surface area contributed by atoms with Gasteiger partial charge in [-0.1, -0.05) is 25.5 Å². The fourth-order valence-electron chi connectivity index (χ4n) is 4.19. The van der Waals surface area contributed by atoms with Gasteiger partial charge in [-0.05, 0) is 24.6 Å².